The van der Waals surface area contributed by atoms with Gasteiger partial charge >= 0.3 is 0 Å². The lowest BCUT2D eigenvalue weighted by Crippen LogP contribution is -2.29. The summed E-state index contributed by atoms with van der Waals surface area (Å²) in [5, 5.41) is 0. The molecule has 4 nitrogen and oxygen atoms in total. The van der Waals surface area contributed by atoms with Gasteiger partial charge in [-0.25, -0.2) is 9.38 Å². The molecule has 1 aliphatic rings. The van der Waals surface area contributed by atoms with Crippen molar-refractivity contribution in [1.82, 2.24) is 0 Å². The summed E-state index contributed by atoms with van der Waals surface area (Å²) in [4.78, 5) is 19.7. The van der Waals surface area contributed by atoms with Crippen molar-refractivity contribution in [3.63, 3.8) is 0 Å². The van der Waals surface area contributed by atoms with Crippen LogP contribution in [0.5, 0.6) is 5.75 Å². The molecule has 0 radical (unpaired) electrons. The topological polar surface area (TPSA) is 41.9 Å². The molecule has 0 unspecified atom stereocenters. The second-order valence-electron chi connectivity index (χ2n) is 8.75. The number of carbonyl (C=O) groups is 1. The van der Waals surface area contributed by atoms with E-state index in [0.717, 1.165) is 33.5 Å². The molecule has 182 valence electrons. The molecule has 3 aromatic rings. The van der Waals surface area contributed by atoms with Crippen LogP contribution in [0.25, 0.3) is 0 Å². The Labute approximate surface area is 215 Å². The van der Waals surface area contributed by atoms with Gasteiger partial charge in [-0.1, -0.05) is 67.1 Å². The first-order valence-corrected chi connectivity index (χ1v) is 13.0. The number of rotatable bonds is 11. The average molecular weight is 537 g/mol. The normalized spacial score (nSPS) is 14.0. The van der Waals surface area contributed by atoms with Crippen molar-refractivity contribution in [3.05, 3.63) is 88.1 Å². The molecular formula is C29H30BrFN2O2. The zero-order valence-electron chi connectivity index (χ0n) is 20.0. The SMILES string of the molecule is CCCCCCCCOc1ccc(N=C2C(=O)N(Cc3ccc(F)cc3)c3ccc(Br)cc32)cc1. The molecule has 1 amide bonds. The second kappa shape index (κ2) is 12.1. The van der Waals surface area contributed by atoms with E-state index in [1.807, 2.05) is 42.5 Å². The van der Waals surface area contributed by atoms with Crippen molar-refractivity contribution in [1.29, 1.82) is 0 Å². The van der Waals surface area contributed by atoms with Crippen LogP contribution < -0.4 is 9.64 Å². The predicted octanol–water partition coefficient (Wildman–Crippen LogP) is 8.00. The lowest BCUT2D eigenvalue weighted by Gasteiger charge is -2.17. The van der Waals surface area contributed by atoms with Crippen LogP contribution in [0.2, 0.25) is 0 Å². The molecule has 0 saturated heterocycles. The standard InChI is InChI=1S/C29H30BrFN2O2/c1-2-3-4-5-6-7-18-35-25-15-13-24(14-16-25)32-28-26-19-22(30)10-17-27(26)33(29(28)34)20-21-8-11-23(31)12-9-21/h8-17,19H,2-7,18,20H2,1H3. The fourth-order valence-electron chi connectivity index (χ4n) is 4.14. The van der Waals surface area contributed by atoms with E-state index < -0.39 is 0 Å². The number of hydrogen-bond acceptors (Lipinski definition) is 3. The maximum Gasteiger partial charge on any atom is 0.277 e. The molecular weight excluding hydrogens is 507 g/mol. The highest BCUT2D eigenvalue weighted by molar-refractivity contribution is 9.10. The third-order valence-corrected chi connectivity index (χ3v) is 6.54. The number of hydrogen-bond donors (Lipinski definition) is 0. The van der Waals surface area contributed by atoms with Gasteiger partial charge < -0.3 is 9.64 Å². The van der Waals surface area contributed by atoms with Crippen molar-refractivity contribution >= 4 is 38.9 Å². The van der Waals surface area contributed by atoms with E-state index in [-0.39, 0.29) is 11.7 Å². The molecule has 0 fully saturated rings. The average Bonchev–Trinajstić information content (AvgIpc) is 3.11. The Bertz CT molecular complexity index is 1180. The minimum atomic E-state index is -0.299. The monoisotopic (exact) mass is 536 g/mol. The summed E-state index contributed by atoms with van der Waals surface area (Å²) in [6.07, 6.45) is 7.37. The van der Waals surface area contributed by atoms with Crippen LogP contribution in [-0.2, 0) is 11.3 Å². The summed E-state index contributed by atoms with van der Waals surface area (Å²) < 4.78 is 20.1. The molecule has 0 aliphatic carbocycles. The summed E-state index contributed by atoms with van der Waals surface area (Å²) in [6.45, 7) is 3.28. The highest BCUT2D eigenvalue weighted by Gasteiger charge is 2.34. The van der Waals surface area contributed by atoms with Gasteiger partial charge in [0.2, 0.25) is 0 Å². The molecule has 0 N–H and O–H groups in total. The van der Waals surface area contributed by atoms with Crippen molar-refractivity contribution in [3.8, 4) is 5.75 Å². The number of anilines is 1. The molecule has 6 heteroatoms. The van der Waals surface area contributed by atoms with Gasteiger partial charge in [-0.15, -0.1) is 0 Å². The Kier molecular flexibility index (Phi) is 8.69. The number of aliphatic imine (C=N–C) groups is 1. The van der Waals surface area contributed by atoms with E-state index in [1.54, 1.807) is 17.0 Å². The number of benzene rings is 3. The van der Waals surface area contributed by atoms with Gasteiger partial charge in [-0.2, -0.15) is 0 Å². The van der Waals surface area contributed by atoms with Crippen LogP contribution in [0.15, 0.2) is 76.2 Å². The summed E-state index contributed by atoms with van der Waals surface area (Å²) in [5.41, 5.74) is 3.50. The molecule has 35 heavy (non-hydrogen) atoms. The molecule has 3 aromatic carbocycles. The maximum absolute atomic E-state index is 13.4. The van der Waals surface area contributed by atoms with Gasteiger partial charge in [0.25, 0.3) is 5.91 Å². The van der Waals surface area contributed by atoms with Gasteiger partial charge in [0, 0.05) is 10.0 Å². The number of halogens is 2. The van der Waals surface area contributed by atoms with Crippen LogP contribution in [0.3, 0.4) is 0 Å². The quantitative estimate of drug-likeness (QED) is 0.233. The molecule has 0 spiro atoms. The first-order valence-electron chi connectivity index (χ1n) is 12.2. The fraction of sp³-hybridized carbons (Fsp3) is 0.310. The van der Waals surface area contributed by atoms with Gasteiger partial charge in [0.05, 0.1) is 24.5 Å². The van der Waals surface area contributed by atoms with Crippen LogP contribution >= 0.6 is 15.9 Å². The van der Waals surface area contributed by atoms with Crippen molar-refractivity contribution in [2.45, 2.75) is 52.0 Å². The van der Waals surface area contributed by atoms with Crippen LogP contribution in [-0.4, -0.2) is 18.2 Å². The fourth-order valence-corrected chi connectivity index (χ4v) is 4.50. The Hall–Kier alpha value is -2.99. The lowest BCUT2D eigenvalue weighted by atomic mass is 10.1. The molecule has 4 rings (SSSR count). The largest absolute Gasteiger partial charge is 0.494 e. The van der Waals surface area contributed by atoms with E-state index in [0.29, 0.717) is 24.6 Å². The highest BCUT2D eigenvalue weighted by Crippen LogP contribution is 2.34. The van der Waals surface area contributed by atoms with E-state index in [4.69, 9.17) is 9.73 Å². The van der Waals surface area contributed by atoms with E-state index in [1.165, 1.54) is 44.2 Å². The van der Waals surface area contributed by atoms with Gasteiger partial charge in [-0.3, -0.25) is 4.79 Å². The summed E-state index contributed by atoms with van der Waals surface area (Å²) in [7, 11) is 0. The highest BCUT2D eigenvalue weighted by atomic mass is 79.9. The zero-order valence-corrected chi connectivity index (χ0v) is 21.6. The first kappa shape index (κ1) is 25.1. The summed E-state index contributed by atoms with van der Waals surface area (Å²) >= 11 is 3.51. The van der Waals surface area contributed by atoms with Crippen molar-refractivity contribution in [2.75, 3.05) is 11.5 Å². The van der Waals surface area contributed by atoms with E-state index in [2.05, 4.69) is 22.9 Å². The lowest BCUT2D eigenvalue weighted by molar-refractivity contribution is -0.112. The van der Waals surface area contributed by atoms with E-state index >= 15 is 0 Å². The molecule has 0 bridgehead atoms. The van der Waals surface area contributed by atoms with E-state index in [9.17, 15) is 9.18 Å². The number of ether oxygens (including phenoxy) is 1. The van der Waals surface area contributed by atoms with Gasteiger partial charge in [0.15, 0.2) is 0 Å². The van der Waals surface area contributed by atoms with Crippen LogP contribution in [0, 0.1) is 5.82 Å². The van der Waals surface area contributed by atoms with Crippen molar-refractivity contribution in [2.24, 2.45) is 4.99 Å². The zero-order chi connectivity index (χ0) is 24.6. The molecule has 1 heterocycles. The minimum Gasteiger partial charge on any atom is -0.494 e. The Balaban J connectivity index is 1.45. The summed E-state index contributed by atoms with van der Waals surface area (Å²) in [5.74, 6) is 0.333. The minimum absolute atomic E-state index is 0.175. The van der Waals surface area contributed by atoms with Crippen molar-refractivity contribution < 1.29 is 13.9 Å². The first-order chi connectivity index (χ1) is 17.0. The number of carbonyl (C=O) groups excluding carboxylic acids is 1. The number of unbranched alkanes of at least 4 members (excludes halogenated alkanes) is 5. The Morgan fingerprint density at radius 2 is 1.63 bits per heavy atom. The van der Waals surface area contributed by atoms with Gasteiger partial charge in [0.1, 0.15) is 17.3 Å². The molecule has 1 aliphatic heterocycles. The van der Waals surface area contributed by atoms with Crippen LogP contribution in [0.1, 0.15) is 56.6 Å². The number of amides is 1. The Morgan fingerprint density at radius 3 is 2.37 bits per heavy atom. The van der Waals surface area contributed by atoms with Gasteiger partial charge in [-0.05, 0) is 66.6 Å². The number of nitrogens with zero attached hydrogens (tertiary/aromatic N) is 2. The molecule has 0 saturated carbocycles. The van der Waals surface area contributed by atoms with Crippen LogP contribution in [0.4, 0.5) is 15.8 Å². The smallest absolute Gasteiger partial charge is 0.277 e. The third-order valence-electron chi connectivity index (χ3n) is 6.05. The third kappa shape index (κ3) is 6.57. The number of fused-ring (bicyclic) bond motifs is 1. The summed E-state index contributed by atoms with van der Waals surface area (Å²) in [6, 6.07) is 19.5. The molecule has 0 aromatic heterocycles. The Morgan fingerprint density at radius 1 is 0.914 bits per heavy atom. The second-order valence-corrected chi connectivity index (χ2v) is 9.67. The predicted molar refractivity (Wildman–Crippen MR) is 143 cm³/mol. The molecule has 0 atom stereocenters. The maximum atomic E-state index is 13.4.